The Kier molecular flexibility index (Phi) is 4.16. The molecule has 0 bridgehead atoms. The van der Waals surface area contributed by atoms with Crippen molar-refractivity contribution in [2.24, 2.45) is 7.05 Å². The van der Waals surface area contributed by atoms with Gasteiger partial charge in [0.05, 0.1) is 5.51 Å². The zero-order valence-corrected chi connectivity index (χ0v) is 12.1. The first-order chi connectivity index (χ1) is 9.42. The van der Waals surface area contributed by atoms with Crippen molar-refractivity contribution in [3.8, 4) is 0 Å². The summed E-state index contributed by atoms with van der Waals surface area (Å²) in [6, 6.07) is 0. The summed E-state index contributed by atoms with van der Waals surface area (Å²) in [7, 11) is -2.06. The highest BCUT2D eigenvalue weighted by Gasteiger charge is 2.25. The van der Waals surface area contributed by atoms with Gasteiger partial charge in [0.25, 0.3) is 10.0 Å². The standard InChI is InChI=1S/C10H12N4O4S2/c1-14-5-4-11-7(14)2-3-13-20(17,18)10-8(9(15)16)12-6-19-10/h4-6,13H,2-3H2,1H3,(H,15,16). The number of carboxylic acid groups (broad SMARTS) is 1. The second-order valence-corrected chi connectivity index (χ2v) is 6.71. The minimum atomic E-state index is -3.87. The Morgan fingerprint density at radius 2 is 2.25 bits per heavy atom. The smallest absolute Gasteiger partial charge is 0.356 e. The number of carbonyl (C=O) groups is 1. The van der Waals surface area contributed by atoms with Crippen molar-refractivity contribution >= 4 is 27.3 Å². The predicted octanol–water partition coefficient (Wildman–Crippen LogP) is 0.0958. The highest BCUT2D eigenvalue weighted by Crippen LogP contribution is 2.19. The van der Waals surface area contributed by atoms with Crippen LogP contribution in [0.1, 0.15) is 16.3 Å². The number of imidazole rings is 1. The summed E-state index contributed by atoms with van der Waals surface area (Å²) in [6.45, 7) is 0.129. The molecule has 2 N–H and O–H groups in total. The third kappa shape index (κ3) is 3.03. The fraction of sp³-hybridized carbons (Fsp3) is 0.300. The molecule has 0 unspecified atom stereocenters. The van der Waals surface area contributed by atoms with Gasteiger partial charge in [-0.2, -0.15) is 0 Å². The molecule has 2 aromatic heterocycles. The SMILES string of the molecule is Cn1ccnc1CCNS(=O)(=O)c1scnc1C(=O)O. The van der Waals surface area contributed by atoms with E-state index in [9.17, 15) is 13.2 Å². The van der Waals surface area contributed by atoms with Crippen LogP contribution in [-0.4, -0.2) is 40.6 Å². The molecule has 108 valence electrons. The molecular weight excluding hydrogens is 304 g/mol. The highest BCUT2D eigenvalue weighted by molar-refractivity contribution is 7.91. The number of sulfonamides is 1. The summed E-state index contributed by atoms with van der Waals surface area (Å²) in [5, 5.41) is 8.87. The van der Waals surface area contributed by atoms with Crippen LogP contribution in [0.3, 0.4) is 0 Å². The van der Waals surface area contributed by atoms with E-state index in [0.29, 0.717) is 6.42 Å². The Bertz CT molecular complexity index is 719. The monoisotopic (exact) mass is 316 g/mol. The number of nitrogens with zero attached hydrogens (tertiary/aromatic N) is 3. The maximum absolute atomic E-state index is 12.0. The van der Waals surface area contributed by atoms with E-state index in [0.717, 1.165) is 17.2 Å². The number of aryl methyl sites for hydroxylation is 1. The second-order valence-electron chi connectivity index (χ2n) is 3.90. The average molecular weight is 316 g/mol. The van der Waals surface area contributed by atoms with Crippen LogP contribution < -0.4 is 4.72 Å². The summed E-state index contributed by atoms with van der Waals surface area (Å²) in [4.78, 5) is 18.5. The van der Waals surface area contributed by atoms with Gasteiger partial charge in [0.2, 0.25) is 0 Å². The maximum Gasteiger partial charge on any atom is 0.356 e. The molecule has 20 heavy (non-hydrogen) atoms. The molecule has 0 saturated carbocycles. The molecule has 0 aliphatic heterocycles. The molecule has 0 saturated heterocycles. The number of aromatic carboxylic acids is 1. The van der Waals surface area contributed by atoms with E-state index in [1.165, 1.54) is 5.51 Å². The molecule has 2 rings (SSSR count). The van der Waals surface area contributed by atoms with Crippen molar-refractivity contribution in [1.82, 2.24) is 19.3 Å². The fourth-order valence-corrected chi connectivity index (χ4v) is 3.78. The van der Waals surface area contributed by atoms with Crippen molar-refractivity contribution < 1.29 is 18.3 Å². The molecule has 2 heterocycles. The minimum Gasteiger partial charge on any atom is -0.476 e. The number of hydrogen-bond donors (Lipinski definition) is 2. The quantitative estimate of drug-likeness (QED) is 0.781. The van der Waals surface area contributed by atoms with Crippen LogP contribution in [0.5, 0.6) is 0 Å². The van der Waals surface area contributed by atoms with Crippen LogP contribution in [0, 0.1) is 0 Å². The van der Waals surface area contributed by atoms with Crippen LogP contribution in [0.2, 0.25) is 0 Å². The number of thiazole rings is 1. The summed E-state index contributed by atoms with van der Waals surface area (Å²) in [5.74, 6) is -0.633. The molecule has 0 radical (unpaired) electrons. The molecule has 0 fully saturated rings. The molecule has 0 atom stereocenters. The third-order valence-corrected chi connectivity index (χ3v) is 5.37. The van der Waals surface area contributed by atoms with Gasteiger partial charge in [-0.15, -0.1) is 11.3 Å². The van der Waals surface area contributed by atoms with E-state index in [1.807, 2.05) is 7.05 Å². The Balaban J connectivity index is 2.06. The van der Waals surface area contributed by atoms with E-state index in [-0.39, 0.29) is 10.8 Å². The van der Waals surface area contributed by atoms with Crippen LogP contribution in [0.4, 0.5) is 0 Å². The van der Waals surface area contributed by atoms with Gasteiger partial charge in [0, 0.05) is 32.4 Å². The van der Waals surface area contributed by atoms with Gasteiger partial charge in [0.15, 0.2) is 9.90 Å². The Hall–Kier alpha value is -1.78. The fourth-order valence-electron chi connectivity index (χ4n) is 1.57. The number of carboxylic acids is 1. The van der Waals surface area contributed by atoms with Crippen LogP contribution in [0.15, 0.2) is 22.1 Å². The maximum atomic E-state index is 12.0. The zero-order chi connectivity index (χ0) is 14.8. The first-order valence-electron chi connectivity index (χ1n) is 5.54. The van der Waals surface area contributed by atoms with Gasteiger partial charge >= 0.3 is 5.97 Å². The normalized spacial score (nSPS) is 11.7. The summed E-state index contributed by atoms with van der Waals surface area (Å²) >= 11 is 0.773. The van der Waals surface area contributed by atoms with Crippen molar-refractivity contribution in [1.29, 1.82) is 0 Å². The van der Waals surface area contributed by atoms with E-state index >= 15 is 0 Å². The van der Waals surface area contributed by atoms with E-state index in [1.54, 1.807) is 17.0 Å². The lowest BCUT2D eigenvalue weighted by atomic mass is 10.4. The first-order valence-corrected chi connectivity index (χ1v) is 7.91. The van der Waals surface area contributed by atoms with Crippen LogP contribution in [0.25, 0.3) is 0 Å². The molecule has 0 amide bonds. The summed E-state index contributed by atoms with van der Waals surface area (Å²) < 4.78 is 27.8. The lowest BCUT2D eigenvalue weighted by molar-refractivity contribution is 0.0687. The highest BCUT2D eigenvalue weighted by atomic mass is 32.2. The van der Waals surface area contributed by atoms with Crippen LogP contribution >= 0.6 is 11.3 Å². The molecule has 10 heteroatoms. The number of aromatic nitrogens is 3. The molecule has 8 nitrogen and oxygen atoms in total. The number of nitrogens with one attached hydrogen (secondary N) is 1. The number of rotatable bonds is 6. The van der Waals surface area contributed by atoms with Crippen molar-refractivity contribution in [3.05, 3.63) is 29.4 Å². The largest absolute Gasteiger partial charge is 0.476 e. The summed E-state index contributed by atoms with van der Waals surface area (Å²) in [6.07, 6.45) is 3.79. The Morgan fingerprint density at radius 1 is 1.50 bits per heavy atom. The molecular formula is C10H12N4O4S2. The van der Waals surface area contributed by atoms with Crippen molar-refractivity contribution in [2.45, 2.75) is 10.6 Å². The molecule has 0 aliphatic rings. The molecule has 2 aromatic rings. The Labute approximate surface area is 119 Å². The van der Waals surface area contributed by atoms with E-state index in [2.05, 4.69) is 14.7 Å². The van der Waals surface area contributed by atoms with E-state index < -0.39 is 21.7 Å². The van der Waals surface area contributed by atoms with Gasteiger partial charge in [-0.1, -0.05) is 0 Å². The lowest BCUT2D eigenvalue weighted by Crippen LogP contribution is -2.27. The van der Waals surface area contributed by atoms with Crippen LogP contribution in [-0.2, 0) is 23.5 Å². The predicted molar refractivity (Wildman–Crippen MR) is 71.2 cm³/mol. The topological polar surface area (TPSA) is 114 Å². The average Bonchev–Trinajstić information content (AvgIpc) is 2.98. The zero-order valence-electron chi connectivity index (χ0n) is 10.5. The van der Waals surface area contributed by atoms with Gasteiger partial charge < -0.3 is 9.67 Å². The second kappa shape index (κ2) is 5.69. The van der Waals surface area contributed by atoms with Crippen molar-refractivity contribution in [3.63, 3.8) is 0 Å². The van der Waals surface area contributed by atoms with E-state index in [4.69, 9.17) is 5.11 Å². The molecule has 0 aromatic carbocycles. The van der Waals surface area contributed by atoms with Gasteiger partial charge in [0.1, 0.15) is 5.82 Å². The van der Waals surface area contributed by atoms with Gasteiger partial charge in [-0.3, -0.25) is 0 Å². The third-order valence-electron chi connectivity index (χ3n) is 2.54. The number of hydrogen-bond acceptors (Lipinski definition) is 6. The molecule has 0 aliphatic carbocycles. The summed E-state index contributed by atoms with van der Waals surface area (Å²) in [5.41, 5.74) is 0.732. The lowest BCUT2D eigenvalue weighted by Gasteiger charge is -2.05. The van der Waals surface area contributed by atoms with Gasteiger partial charge in [-0.05, 0) is 0 Å². The Morgan fingerprint density at radius 3 is 2.85 bits per heavy atom. The minimum absolute atomic E-state index is 0.129. The van der Waals surface area contributed by atoms with Gasteiger partial charge in [-0.25, -0.2) is 27.9 Å². The first kappa shape index (κ1) is 14.6. The molecule has 0 spiro atoms. The van der Waals surface area contributed by atoms with Crippen molar-refractivity contribution in [2.75, 3.05) is 6.54 Å².